The lowest BCUT2D eigenvalue weighted by Crippen LogP contribution is -2.59. The van der Waals surface area contributed by atoms with Gasteiger partial charge in [-0.2, -0.15) is 0 Å². The van der Waals surface area contributed by atoms with Crippen molar-refractivity contribution in [2.75, 3.05) is 46.6 Å². The molecule has 1 aliphatic heterocycles. The van der Waals surface area contributed by atoms with E-state index >= 15 is 0 Å². The van der Waals surface area contributed by atoms with Gasteiger partial charge in [-0.25, -0.2) is 4.79 Å². The number of amides is 1. The molecule has 7 nitrogen and oxygen atoms in total. The number of ether oxygens (including phenoxy) is 3. The topological polar surface area (TPSA) is 77.1 Å². The Balaban J connectivity index is 1.44. The smallest absolute Gasteiger partial charge is 0.331 e. The van der Waals surface area contributed by atoms with Crippen LogP contribution < -0.4 is 10.1 Å². The second kappa shape index (κ2) is 11.1. The Hall–Kier alpha value is -2.38. The van der Waals surface area contributed by atoms with Crippen LogP contribution in [0.25, 0.3) is 6.08 Å². The van der Waals surface area contributed by atoms with Gasteiger partial charge in [0.2, 0.25) is 0 Å². The van der Waals surface area contributed by atoms with Crippen molar-refractivity contribution in [1.82, 2.24) is 10.2 Å². The van der Waals surface area contributed by atoms with Gasteiger partial charge < -0.3 is 19.5 Å². The van der Waals surface area contributed by atoms with Gasteiger partial charge in [-0.3, -0.25) is 9.69 Å². The maximum atomic E-state index is 12.3. The minimum Gasteiger partial charge on any atom is -0.497 e. The van der Waals surface area contributed by atoms with E-state index in [9.17, 15) is 9.59 Å². The van der Waals surface area contributed by atoms with Crippen LogP contribution in [0.3, 0.4) is 0 Å². The highest BCUT2D eigenvalue weighted by molar-refractivity contribution is 5.89. The highest BCUT2D eigenvalue weighted by Crippen LogP contribution is 2.33. The first kappa shape index (κ1) is 22.3. The number of nitrogens with one attached hydrogen (secondary N) is 1. The molecule has 2 aliphatic rings. The third kappa shape index (κ3) is 6.31. The lowest BCUT2D eigenvalue weighted by molar-refractivity contribution is -0.144. The van der Waals surface area contributed by atoms with E-state index in [1.54, 1.807) is 13.2 Å². The highest BCUT2D eigenvalue weighted by atomic mass is 16.5. The van der Waals surface area contributed by atoms with Gasteiger partial charge in [-0.05, 0) is 36.6 Å². The van der Waals surface area contributed by atoms with Crippen LogP contribution in [0.4, 0.5) is 0 Å². The molecule has 2 fully saturated rings. The zero-order chi connectivity index (χ0) is 21.2. The zero-order valence-corrected chi connectivity index (χ0v) is 17.7. The van der Waals surface area contributed by atoms with Crippen LogP contribution in [-0.2, 0) is 19.1 Å². The first-order chi connectivity index (χ1) is 14.6. The Labute approximate surface area is 178 Å². The fraction of sp³-hybridized carbons (Fsp3) is 0.565. The Morgan fingerprint density at radius 2 is 1.83 bits per heavy atom. The number of hydrogen-bond donors (Lipinski definition) is 1. The quantitative estimate of drug-likeness (QED) is 0.518. The van der Waals surface area contributed by atoms with Crippen LogP contribution in [0.15, 0.2) is 30.3 Å². The van der Waals surface area contributed by atoms with E-state index in [-0.39, 0.29) is 18.1 Å². The average Bonchev–Trinajstić information content (AvgIpc) is 2.81. The molecular weight excluding hydrogens is 384 g/mol. The summed E-state index contributed by atoms with van der Waals surface area (Å²) < 4.78 is 15.7. The van der Waals surface area contributed by atoms with Crippen LogP contribution >= 0.6 is 0 Å². The summed E-state index contributed by atoms with van der Waals surface area (Å²) in [7, 11) is 1.60. The minimum atomic E-state index is -0.540. The standard InChI is InChI=1S/C23H32N2O5/c1-28-20-8-5-19(6-9-20)7-10-22(27)30-17-21(26)24-18-23(11-3-2-4-12-23)25-13-15-29-16-14-25/h5-10H,2-4,11-18H2,1H3,(H,24,26)/b10-7+. The Morgan fingerprint density at radius 3 is 2.50 bits per heavy atom. The zero-order valence-electron chi connectivity index (χ0n) is 17.7. The molecule has 0 bridgehead atoms. The molecule has 1 heterocycles. The summed E-state index contributed by atoms with van der Waals surface area (Å²) in [5.74, 6) is -0.0554. The number of esters is 1. The molecule has 0 radical (unpaired) electrons. The van der Waals surface area contributed by atoms with Crippen molar-refractivity contribution < 1.29 is 23.8 Å². The largest absolute Gasteiger partial charge is 0.497 e. The van der Waals surface area contributed by atoms with Gasteiger partial charge >= 0.3 is 5.97 Å². The summed E-state index contributed by atoms with van der Waals surface area (Å²) in [4.78, 5) is 26.7. The number of nitrogens with zero attached hydrogens (tertiary/aromatic N) is 1. The molecule has 0 spiro atoms. The minimum absolute atomic E-state index is 0.00400. The third-order valence-electron chi connectivity index (χ3n) is 5.95. The molecule has 1 saturated carbocycles. The van der Waals surface area contributed by atoms with Gasteiger partial charge in [0, 0.05) is 31.2 Å². The lowest BCUT2D eigenvalue weighted by Gasteiger charge is -2.48. The van der Waals surface area contributed by atoms with Crippen molar-refractivity contribution in [3.05, 3.63) is 35.9 Å². The van der Waals surface area contributed by atoms with Crippen molar-refractivity contribution in [2.24, 2.45) is 0 Å². The van der Waals surface area contributed by atoms with Crippen molar-refractivity contribution in [2.45, 2.75) is 37.6 Å². The first-order valence-electron chi connectivity index (χ1n) is 10.7. The fourth-order valence-corrected chi connectivity index (χ4v) is 4.23. The van der Waals surface area contributed by atoms with Crippen molar-refractivity contribution >= 4 is 18.0 Å². The van der Waals surface area contributed by atoms with Crippen LogP contribution in [0.1, 0.15) is 37.7 Å². The molecule has 30 heavy (non-hydrogen) atoms. The van der Waals surface area contributed by atoms with E-state index in [2.05, 4.69) is 10.2 Å². The molecule has 7 heteroatoms. The van der Waals surface area contributed by atoms with E-state index in [4.69, 9.17) is 14.2 Å². The van der Waals surface area contributed by atoms with E-state index in [0.717, 1.165) is 50.5 Å². The summed E-state index contributed by atoms with van der Waals surface area (Å²) in [6.45, 7) is 3.61. The highest BCUT2D eigenvalue weighted by Gasteiger charge is 2.38. The van der Waals surface area contributed by atoms with Crippen LogP contribution in [-0.4, -0.2) is 68.9 Å². The van der Waals surface area contributed by atoms with Gasteiger partial charge in [0.25, 0.3) is 5.91 Å². The maximum Gasteiger partial charge on any atom is 0.331 e. The number of carbonyl (C=O) groups is 2. The Morgan fingerprint density at radius 1 is 1.13 bits per heavy atom. The summed E-state index contributed by atoms with van der Waals surface area (Å²) in [5, 5.41) is 3.00. The molecular formula is C23H32N2O5. The van der Waals surface area contributed by atoms with E-state index in [1.165, 1.54) is 25.3 Å². The second-order valence-corrected chi connectivity index (χ2v) is 7.88. The van der Waals surface area contributed by atoms with Crippen LogP contribution in [0, 0.1) is 0 Å². The normalized spacial score (nSPS) is 19.4. The predicted octanol–water partition coefficient (Wildman–Crippen LogP) is 2.40. The molecule has 1 N–H and O–H groups in total. The van der Waals surface area contributed by atoms with Crippen LogP contribution in [0.2, 0.25) is 0 Å². The molecule has 0 unspecified atom stereocenters. The van der Waals surface area contributed by atoms with Gasteiger partial charge in [-0.1, -0.05) is 31.4 Å². The predicted molar refractivity (Wildman–Crippen MR) is 114 cm³/mol. The van der Waals surface area contributed by atoms with E-state index in [1.807, 2.05) is 24.3 Å². The van der Waals surface area contributed by atoms with Gasteiger partial charge in [0.1, 0.15) is 5.75 Å². The van der Waals surface area contributed by atoms with Gasteiger partial charge in [0.15, 0.2) is 6.61 Å². The maximum absolute atomic E-state index is 12.3. The summed E-state index contributed by atoms with van der Waals surface area (Å²) in [5.41, 5.74) is 0.845. The number of benzene rings is 1. The Bertz CT molecular complexity index is 720. The molecule has 0 aromatic heterocycles. The molecule has 1 aromatic rings. The molecule has 164 valence electrons. The number of rotatable bonds is 8. The molecule has 1 aromatic carbocycles. The SMILES string of the molecule is COc1ccc(/C=C/C(=O)OCC(=O)NCC2(N3CCOCC3)CCCCC2)cc1. The summed E-state index contributed by atoms with van der Waals surface area (Å²) in [6.07, 6.45) is 8.74. The van der Waals surface area contributed by atoms with Crippen LogP contribution in [0.5, 0.6) is 5.75 Å². The molecule has 1 saturated heterocycles. The van der Waals surface area contributed by atoms with E-state index < -0.39 is 5.97 Å². The fourth-order valence-electron chi connectivity index (χ4n) is 4.23. The Kier molecular flexibility index (Phi) is 8.28. The molecule has 1 aliphatic carbocycles. The summed E-state index contributed by atoms with van der Waals surface area (Å²) >= 11 is 0. The van der Waals surface area contributed by atoms with Crippen molar-refractivity contribution in [3.63, 3.8) is 0 Å². The number of methoxy groups -OCH3 is 1. The number of hydrogen-bond acceptors (Lipinski definition) is 6. The molecule has 0 atom stereocenters. The van der Waals surface area contributed by atoms with Gasteiger partial charge in [-0.15, -0.1) is 0 Å². The monoisotopic (exact) mass is 416 g/mol. The summed E-state index contributed by atoms with van der Waals surface area (Å²) in [6, 6.07) is 7.30. The van der Waals surface area contributed by atoms with Crippen molar-refractivity contribution in [3.8, 4) is 5.75 Å². The number of morpholine rings is 1. The molecule has 3 rings (SSSR count). The average molecular weight is 417 g/mol. The van der Waals surface area contributed by atoms with E-state index in [0.29, 0.717) is 6.54 Å². The number of carbonyl (C=O) groups excluding carboxylic acids is 2. The second-order valence-electron chi connectivity index (χ2n) is 7.88. The lowest BCUT2D eigenvalue weighted by atomic mass is 9.79. The van der Waals surface area contributed by atoms with Gasteiger partial charge in [0.05, 0.1) is 20.3 Å². The van der Waals surface area contributed by atoms with Crippen molar-refractivity contribution in [1.29, 1.82) is 0 Å². The first-order valence-corrected chi connectivity index (χ1v) is 10.7. The molecule has 1 amide bonds. The third-order valence-corrected chi connectivity index (χ3v) is 5.95.